The summed E-state index contributed by atoms with van der Waals surface area (Å²) in [7, 11) is -2.31. The Morgan fingerprint density at radius 1 is 1.15 bits per heavy atom. The number of rotatable bonds is 7. The summed E-state index contributed by atoms with van der Waals surface area (Å²) in [5.74, 6) is -0.697. The average Bonchev–Trinajstić information content (AvgIpc) is 3.23. The Labute approximate surface area is 200 Å². The van der Waals surface area contributed by atoms with Crippen LogP contribution in [0.15, 0.2) is 46.2 Å². The van der Waals surface area contributed by atoms with E-state index in [0.717, 1.165) is 10.5 Å². The van der Waals surface area contributed by atoms with Crippen LogP contribution in [0, 0.1) is 20.8 Å². The Hall–Kier alpha value is -2.36. The van der Waals surface area contributed by atoms with Gasteiger partial charge in [0.25, 0.3) is 0 Å². The summed E-state index contributed by atoms with van der Waals surface area (Å²) >= 11 is 1.52. The average molecular weight is 490 g/mol. The molecule has 2 amide bonds. The van der Waals surface area contributed by atoms with Crippen LogP contribution in [-0.4, -0.2) is 61.9 Å². The highest BCUT2D eigenvalue weighted by atomic mass is 32.2. The molecule has 0 aliphatic carbocycles. The fourth-order valence-electron chi connectivity index (χ4n) is 4.45. The molecule has 1 heterocycles. The van der Waals surface area contributed by atoms with Gasteiger partial charge in [-0.05, 0) is 63.1 Å². The van der Waals surface area contributed by atoms with E-state index in [-0.39, 0.29) is 29.8 Å². The number of hydrogen-bond acceptors (Lipinski definition) is 5. The molecule has 1 fully saturated rings. The first-order valence-electron chi connectivity index (χ1n) is 10.8. The maximum atomic E-state index is 13.5. The van der Waals surface area contributed by atoms with Crippen LogP contribution in [0.25, 0.3) is 0 Å². The highest BCUT2D eigenvalue weighted by Crippen LogP contribution is 2.31. The molecule has 7 nitrogen and oxygen atoms in total. The Balaban J connectivity index is 1.76. The van der Waals surface area contributed by atoms with E-state index in [1.165, 1.54) is 28.0 Å². The molecule has 1 unspecified atom stereocenters. The Bertz CT molecular complexity index is 1140. The van der Waals surface area contributed by atoms with Gasteiger partial charge in [0.15, 0.2) is 0 Å². The molecule has 0 bridgehead atoms. The number of amides is 2. The van der Waals surface area contributed by atoms with Gasteiger partial charge in [-0.15, -0.1) is 11.8 Å². The monoisotopic (exact) mass is 489 g/mol. The van der Waals surface area contributed by atoms with E-state index in [9.17, 15) is 18.0 Å². The van der Waals surface area contributed by atoms with Gasteiger partial charge in [-0.25, -0.2) is 8.42 Å². The molecule has 1 saturated heterocycles. The van der Waals surface area contributed by atoms with Crippen molar-refractivity contribution in [1.82, 2.24) is 9.21 Å². The van der Waals surface area contributed by atoms with E-state index >= 15 is 0 Å². The number of anilines is 1. The van der Waals surface area contributed by atoms with Crippen molar-refractivity contribution in [2.45, 2.75) is 49.4 Å². The topological polar surface area (TPSA) is 86.8 Å². The fraction of sp³-hybridized carbons (Fsp3) is 0.417. The first-order chi connectivity index (χ1) is 15.6. The first-order valence-corrected chi connectivity index (χ1v) is 13.5. The van der Waals surface area contributed by atoms with Gasteiger partial charge in [-0.2, -0.15) is 4.31 Å². The van der Waals surface area contributed by atoms with E-state index in [1.807, 2.05) is 49.6 Å². The molecule has 1 atom stereocenters. The number of benzene rings is 2. The Morgan fingerprint density at radius 2 is 1.79 bits per heavy atom. The largest absolute Gasteiger partial charge is 0.335 e. The standard InChI is InChI=1S/C24H31N3O4S2/c1-16-13-17(2)23(18(3)14-16)33(30,31)27-12-8-10-20(27)24(29)26(4)15-22(28)25-19-9-6-7-11-21(19)32-5/h6-7,9,11,13-14,20H,8,10,12,15H2,1-5H3,(H,25,28). The molecule has 2 aromatic rings. The van der Waals surface area contributed by atoms with Gasteiger partial charge in [0.1, 0.15) is 6.04 Å². The maximum absolute atomic E-state index is 13.5. The number of nitrogens with zero attached hydrogens (tertiary/aromatic N) is 2. The third-order valence-corrected chi connectivity index (χ3v) is 8.81. The van der Waals surface area contributed by atoms with Gasteiger partial charge in [0.2, 0.25) is 21.8 Å². The zero-order chi connectivity index (χ0) is 24.3. The molecule has 3 rings (SSSR count). The summed E-state index contributed by atoms with van der Waals surface area (Å²) in [6, 6.07) is 10.3. The Morgan fingerprint density at radius 3 is 2.42 bits per heavy atom. The zero-order valence-electron chi connectivity index (χ0n) is 19.7. The molecule has 33 heavy (non-hydrogen) atoms. The van der Waals surface area contributed by atoms with Gasteiger partial charge >= 0.3 is 0 Å². The van der Waals surface area contributed by atoms with Crippen LogP contribution in [0.1, 0.15) is 29.5 Å². The fourth-order valence-corrected chi connectivity index (χ4v) is 7.07. The lowest BCUT2D eigenvalue weighted by Crippen LogP contribution is -2.48. The second kappa shape index (κ2) is 10.3. The van der Waals surface area contributed by atoms with Gasteiger partial charge in [-0.3, -0.25) is 9.59 Å². The maximum Gasteiger partial charge on any atom is 0.244 e. The summed E-state index contributed by atoms with van der Waals surface area (Å²) in [5.41, 5.74) is 3.02. The van der Waals surface area contributed by atoms with Crippen LogP contribution < -0.4 is 5.32 Å². The predicted molar refractivity (Wildman–Crippen MR) is 132 cm³/mol. The summed E-state index contributed by atoms with van der Waals surface area (Å²) in [6.07, 6.45) is 2.96. The first kappa shape index (κ1) is 25.3. The quantitative estimate of drug-likeness (QED) is 0.601. The van der Waals surface area contributed by atoms with Crippen molar-refractivity contribution in [2.24, 2.45) is 0 Å². The minimum Gasteiger partial charge on any atom is -0.335 e. The summed E-state index contributed by atoms with van der Waals surface area (Å²) in [4.78, 5) is 28.3. The molecule has 0 saturated carbocycles. The van der Waals surface area contributed by atoms with Crippen molar-refractivity contribution >= 4 is 39.3 Å². The molecule has 2 aromatic carbocycles. The van der Waals surface area contributed by atoms with Crippen LogP contribution in [0.5, 0.6) is 0 Å². The third kappa shape index (κ3) is 5.42. The summed E-state index contributed by atoms with van der Waals surface area (Å²) in [6.45, 7) is 5.61. The van der Waals surface area contributed by atoms with Crippen LogP contribution in [0.2, 0.25) is 0 Å². The number of nitrogens with one attached hydrogen (secondary N) is 1. The normalized spacial score (nSPS) is 16.6. The number of carbonyl (C=O) groups excluding carboxylic acids is 2. The molecule has 0 radical (unpaired) electrons. The highest BCUT2D eigenvalue weighted by molar-refractivity contribution is 7.98. The number of thioether (sulfide) groups is 1. The lowest BCUT2D eigenvalue weighted by atomic mass is 10.1. The van der Waals surface area contributed by atoms with Crippen molar-refractivity contribution in [3.63, 3.8) is 0 Å². The number of likely N-dealkylation sites (N-methyl/N-ethyl adjacent to an activating group) is 1. The van der Waals surface area contributed by atoms with Crippen molar-refractivity contribution < 1.29 is 18.0 Å². The van der Waals surface area contributed by atoms with Gasteiger partial charge in [0, 0.05) is 18.5 Å². The Kier molecular flexibility index (Phi) is 7.87. The molecule has 0 spiro atoms. The van der Waals surface area contributed by atoms with E-state index < -0.39 is 16.1 Å². The van der Waals surface area contributed by atoms with E-state index in [2.05, 4.69) is 5.32 Å². The number of para-hydroxylation sites is 1. The summed E-state index contributed by atoms with van der Waals surface area (Å²) in [5, 5.41) is 2.84. The predicted octanol–water partition coefficient (Wildman–Crippen LogP) is 3.58. The lowest BCUT2D eigenvalue weighted by molar-refractivity contribution is -0.136. The minimum absolute atomic E-state index is 0.158. The molecule has 0 aromatic heterocycles. The highest BCUT2D eigenvalue weighted by Gasteiger charge is 2.41. The zero-order valence-corrected chi connectivity index (χ0v) is 21.3. The van der Waals surface area contributed by atoms with Gasteiger partial charge in [0.05, 0.1) is 17.1 Å². The molecule has 1 N–H and O–H groups in total. The lowest BCUT2D eigenvalue weighted by Gasteiger charge is -2.28. The van der Waals surface area contributed by atoms with Crippen LogP contribution in [0.3, 0.4) is 0 Å². The van der Waals surface area contributed by atoms with Crippen LogP contribution in [-0.2, 0) is 19.6 Å². The number of carbonyl (C=O) groups is 2. The van der Waals surface area contributed by atoms with Crippen molar-refractivity contribution in [3.05, 3.63) is 53.1 Å². The molecule has 1 aliphatic heterocycles. The smallest absolute Gasteiger partial charge is 0.244 e. The molecular weight excluding hydrogens is 458 g/mol. The van der Waals surface area contributed by atoms with E-state index in [4.69, 9.17) is 0 Å². The van der Waals surface area contributed by atoms with Gasteiger partial charge in [-0.1, -0.05) is 29.8 Å². The van der Waals surface area contributed by atoms with E-state index in [0.29, 0.717) is 29.7 Å². The SMILES string of the molecule is CSc1ccccc1NC(=O)CN(C)C(=O)C1CCCN1S(=O)(=O)c1c(C)cc(C)cc1C. The molecule has 178 valence electrons. The minimum atomic E-state index is -3.85. The number of hydrogen-bond donors (Lipinski definition) is 1. The number of sulfonamides is 1. The van der Waals surface area contributed by atoms with Crippen molar-refractivity contribution in [1.29, 1.82) is 0 Å². The van der Waals surface area contributed by atoms with E-state index in [1.54, 1.807) is 13.8 Å². The second-order valence-corrected chi connectivity index (χ2v) is 11.1. The van der Waals surface area contributed by atoms with Crippen LogP contribution in [0.4, 0.5) is 5.69 Å². The molecular formula is C24H31N3O4S2. The third-order valence-electron chi connectivity index (χ3n) is 5.80. The molecule has 9 heteroatoms. The summed E-state index contributed by atoms with van der Waals surface area (Å²) < 4.78 is 28.4. The van der Waals surface area contributed by atoms with Crippen molar-refractivity contribution in [2.75, 3.05) is 31.7 Å². The second-order valence-electron chi connectivity index (χ2n) is 8.44. The molecule has 1 aliphatic rings. The van der Waals surface area contributed by atoms with Crippen LogP contribution >= 0.6 is 11.8 Å². The number of aryl methyl sites for hydroxylation is 3. The van der Waals surface area contributed by atoms with Crippen molar-refractivity contribution in [3.8, 4) is 0 Å². The van der Waals surface area contributed by atoms with Gasteiger partial charge < -0.3 is 10.2 Å².